The molecule has 1 aromatic heterocycles. The quantitative estimate of drug-likeness (QED) is 0.742. The average Bonchev–Trinajstić information content (AvgIpc) is 2.64. The van der Waals surface area contributed by atoms with Gasteiger partial charge in [0.25, 0.3) is 0 Å². The molecule has 0 bridgehead atoms. The lowest BCUT2D eigenvalue weighted by molar-refractivity contribution is -0.123. The van der Waals surface area contributed by atoms with E-state index >= 15 is 0 Å². The minimum atomic E-state index is -0.634. The van der Waals surface area contributed by atoms with Gasteiger partial charge in [-0.2, -0.15) is 0 Å². The zero-order chi connectivity index (χ0) is 12.2. The summed E-state index contributed by atoms with van der Waals surface area (Å²) in [4.78, 5) is 12.4. The number of carbonyl (C=O) groups excluding carboxylic acids is 1. The number of primary amides is 1. The summed E-state index contributed by atoms with van der Waals surface area (Å²) in [5, 5.41) is 2.96. The summed E-state index contributed by atoms with van der Waals surface area (Å²) in [6, 6.07) is 1.93. The van der Waals surface area contributed by atoms with E-state index in [2.05, 4.69) is 5.32 Å². The highest BCUT2D eigenvalue weighted by Gasteiger charge is 2.28. The molecule has 1 unspecified atom stereocenters. The number of aryl methyl sites for hydroxylation is 1. The van der Waals surface area contributed by atoms with Crippen LogP contribution in [0.1, 0.15) is 19.1 Å². The topological polar surface area (TPSA) is 68.3 Å². The number of amides is 1. The Hall–Kier alpha value is -0.940. The van der Waals surface area contributed by atoms with Crippen LogP contribution in [0.25, 0.3) is 0 Å². The first-order valence-electron chi connectivity index (χ1n) is 5.15. The molecule has 90 valence electrons. The summed E-state index contributed by atoms with van der Waals surface area (Å²) in [6.45, 7) is 3.74. The molecule has 1 aromatic rings. The molecule has 1 amide bonds. The van der Waals surface area contributed by atoms with Gasteiger partial charge in [-0.1, -0.05) is 0 Å². The molecule has 0 spiro atoms. The van der Waals surface area contributed by atoms with E-state index in [-0.39, 0.29) is 5.91 Å². The van der Waals surface area contributed by atoms with Crippen molar-refractivity contribution < 1.29 is 9.21 Å². The molecule has 1 heterocycles. The van der Waals surface area contributed by atoms with E-state index in [4.69, 9.17) is 10.2 Å². The molecule has 0 fully saturated rings. The molecule has 16 heavy (non-hydrogen) atoms. The van der Waals surface area contributed by atoms with Crippen molar-refractivity contribution >= 4 is 17.7 Å². The number of thioether (sulfide) groups is 1. The first-order valence-corrected chi connectivity index (χ1v) is 6.14. The third kappa shape index (κ3) is 3.02. The second-order valence-electron chi connectivity index (χ2n) is 3.89. The monoisotopic (exact) mass is 242 g/mol. The van der Waals surface area contributed by atoms with Gasteiger partial charge in [0.15, 0.2) is 0 Å². The molecule has 1 rings (SSSR count). The average molecular weight is 242 g/mol. The Morgan fingerprint density at radius 1 is 1.69 bits per heavy atom. The molecule has 5 heteroatoms. The van der Waals surface area contributed by atoms with Crippen molar-refractivity contribution in [2.75, 3.05) is 12.8 Å². The van der Waals surface area contributed by atoms with Gasteiger partial charge in [-0.05, 0) is 33.4 Å². The van der Waals surface area contributed by atoms with Crippen LogP contribution in [0.4, 0.5) is 0 Å². The number of carbonyl (C=O) groups is 1. The summed E-state index contributed by atoms with van der Waals surface area (Å²) in [5.74, 6) is 1.41. The lowest BCUT2D eigenvalue weighted by atomic mass is 9.99. The highest BCUT2D eigenvalue weighted by atomic mass is 32.2. The Morgan fingerprint density at radius 2 is 2.38 bits per heavy atom. The Morgan fingerprint density at radius 3 is 2.81 bits per heavy atom. The third-order valence-corrected chi connectivity index (χ3v) is 3.91. The summed E-state index contributed by atoms with van der Waals surface area (Å²) >= 11 is 1.67. The molecule has 0 saturated heterocycles. The number of rotatable bonds is 6. The number of hydrogen-bond donors (Lipinski definition) is 2. The number of hydrogen-bond acceptors (Lipinski definition) is 4. The van der Waals surface area contributed by atoms with Crippen molar-refractivity contribution in [3.05, 3.63) is 18.1 Å². The highest BCUT2D eigenvalue weighted by molar-refractivity contribution is 7.99. The minimum absolute atomic E-state index is 0.320. The number of furan rings is 1. The van der Waals surface area contributed by atoms with Crippen molar-refractivity contribution in [1.82, 2.24) is 5.32 Å². The van der Waals surface area contributed by atoms with Gasteiger partial charge in [0, 0.05) is 10.6 Å². The van der Waals surface area contributed by atoms with E-state index in [1.165, 1.54) is 0 Å². The summed E-state index contributed by atoms with van der Waals surface area (Å²) < 4.78 is 5.19. The van der Waals surface area contributed by atoms with Crippen LogP contribution in [0, 0.1) is 6.92 Å². The second kappa shape index (κ2) is 5.41. The lowest BCUT2D eigenvalue weighted by Crippen LogP contribution is -2.51. The first kappa shape index (κ1) is 13.1. The van der Waals surface area contributed by atoms with Crippen molar-refractivity contribution in [2.45, 2.75) is 30.7 Å². The van der Waals surface area contributed by atoms with Gasteiger partial charge in [0.05, 0.1) is 11.8 Å². The summed E-state index contributed by atoms with van der Waals surface area (Å²) in [5.41, 5.74) is 4.71. The van der Waals surface area contributed by atoms with Gasteiger partial charge in [0.2, 0.25) is 5.91 Å². The van der Waals surface area contributed by atoms with Gasteiger partial charge >= 0.3 is 0 Å². The number of nitrogens with two attached hydrogens (primary N) is 1. The van der Waals surface area contributed by atoms with Crippen LogP contribution in [0.3, 0.4) is 0 Å². The second-order valence-corrected chi connectivity index (χ2v) is 5.02. The summed E-state index contributed by atoms with van der Waals surface area (Å²) in [7, 11) is 1.75. The number of nitrogens with one attached hydrogen (secondary N) is 1. The predicted octanol–water partition coefficient (Wildman–Crippen LogP) is 1.53. The molecule has 0 aliphatic rings. The molecule has 0 aliphatic heterocycles. The maximum Gasteiger partial charge on any atom is 0.237 e. The molecular formula is C11H18N2O2S. The van der Waals surface area contributed by atoms with E-state index in [1.807, 2.05) is 19.9 Å². The van der Waals surface area contributed by atoms with Gasteiger partial charge in [-0.15, -0.1) is 11.8 Å². The SMILES string of the molecule is CNC(C)(CCSc1ccoc1C)C(N)=O. The molecule has 3 N–H and O–H groups in total. The molecule has 0 radical (unpaired) electrons. The largest absolute Gasteiger partial charge is 0.468 e. The Balaban J connectivity index is 2.46. The zero-order valence-electron chi connectivity index (χ0n) is 9.87. The van der Waals surface area contributed by atoms with E-state index in [0.717, 1.165) is 16.4 Å². The van der Waals surface area contributed by atoms with Crippen molar-refractivity contribution in [3.63, 3.8) is 0 Å². The lowest BCUT2D eigenvalue weighted by Gasteiger charge is -2.24. The van der Waals surface area contributed by atoms with Gasteiger partial charge in [0.1, 0.15) is 5.76 Å². The normalized spacial score (nSPS) is 14.7. The molecule has 0 saturated carbocycles. The van der Waals surface area contributed by atoms with Crippen molar-refractivity contribution in [1.29, 1.82) is 0 Å². The fourth-order valence-electron chi connectivity index (χ4n) is 1.26. The Bertz CT molecular complexity index is 365. The maximum atomic E-state index is 11.2. The molecule has 0 aliphatic carbocycles. The predicted molar refractivity (Wildman–Crippen MR) is 65.4 cm³/mol. The highest BCUT2D eigenvalue weighted by Crippen LogP contribution is 2.25. The van der Waals surface area contributed by atoms with E-state index in [1.54, 1.807) is 25.1 Å². The van der Waals surface area contributed by atoms with Crippen molar-refractivity contribution in [3.8, 4) is 0 Å². The van der Waals surface area contributed by atoms with E-state index < -0.39 is 5.54 Å². The molecular weight excluding hydrogens is 224 g/mol. The van der Waals surface area contributed by atoms with Crippen LogP contribution in [0.2, 0.25) is 0 Å². The maximum absolute atomic E-state index is 11.2. The number of likely N-dealkylation sites (N-methyl/N-ethyl adjacent to an activating group) is 1. The van der Waals surface area contributed by atoms with Crippen LogP contribution in [-0.2, 0) is 4.79 Å². The fraction of sp³-hybridized carbons (Fsp3) is 0.545. The van der Waals surface area contributed by atoms with Gasteiger partial charge in [-0.25, -0.2) is 0 Å². The van der Waals surface area contributed by atoms with Crippen molar-refractivity contribution in [2.24, 2.45) is 5.73 Å². The standard InChI is InChI=1S/C11H18N2O2S/c1-8-9(4-6-15-8)16-7-5-11(2,13-3)10(12)14/h4,6,13H,5,7H2,1-3H3,(H2,12,14). The van der Waals surface area contributed by atoms with Gasteiger partial charge in [-0.3, -0.25) is 4.79 Å². The molecule has 4 nitrogen and oxygen atoms in total. The molecule has 1 atom stereocenters. The van der Waals surface area contributed by atoms with Gasteiger partial charge < -0.3 is 15.5 Å². The zero-order valence-corrected chi connectivity index (χ0v) is 10.7. The van der Waals surface area contributed by atoms with Crippen LogP contribution in [0.5, 0.6) is 0 Å². The minimum Gasteiger partial charge on any atom is -0.468 e. The van der Waals surface area contributed by atoms with Crippen LogP contribution < -0.4 is 11.1 Å². The smallest absolute Gasteiger partial charge is 0.237 e. The molecule has 0 aromatic carbocycles. The Labute approximate surface area is 100.0 Å². The van der Waals surface area contributed by atoms with E-state index in [9.17, 15) is 4.79 Å². The first-order chi connectivity index (χ1) is 7.49. The summed E-state index contributed by atoms with van der Waals surface area (Å²) in [6.07, 6.45) is 2.36. The van der Waals surface area contributed by atoms with Crippen LogP contribution in [0.15, 0.2) is 21.6 Å². The fourth-order valence-corrected chi connectivity index (χ4v) is 2.39. The van der Waals surface area contributed by atoms with Crippen LogP contribution in [-0.4, -0.2) is 24.2 Å². The third-order valence-electron chi connectivity index (χ3n) is 2.77. The Kier molecular flexibility index (Phi) is 4.44. The van der Waals surface area contributed by atoms with E-state index in [0.29, 0.717) is 6.42 Å². The van der Waals surface area contributed by atoms with Crippen LogP contribution >= 0.6 is 11.8 Å².